The van der Waals surface area contributed by atoms with Crippen molar-refractivity contribution in [3.05, 3.63) is 41.1 Å². The van der Waals surface area contributed by atoms with Crippen molar-refractivity contribution in [1.82, 2.24) is 35.5 Å². The number of carbonyl (C=O) groups is 2. The van der Waals surface area contributed by atoms with E-state index >= 15 is 0 Å². The lowest BCUT2D eigenvalue weighted by Gasteiger charge is -2.15. The minimum absolute atomic E-state index is 0.0312. The van der Waals surface area contributed by atoms with Crippen LogP contribution in [0, 0.1) is 6.92 Å². The van der Waals surface area contributed by atoms with Crippen molar-refractivity contribution in [1.29, 1.82) is 0 Å². The smallest absolute Gasteiger partial charge is 0.359 e. The van der Waals surface area contributed by atoms with E-state index in [1.807, 2.05) is 0 Å². The molecule has 31 heavy (non-hydrogen) atoms. The first-order valence-corrected chi connectivity index (χ1v) is 8.99. The van der Waals surface area contributed by atoms with Crippen LogP contribution in [-0.2, 0) is 22.6 Å². The van der Waals surface area contributed by atoms with Crippen LogP contribution in [0.4, 0.5) is 13.2 Å². The van der Waals surface area contributed by atoms with Gasteiger partial charge in [-0.15, -0.1) is 0 Å². The van der Waals surface area contributed by atoms with Crippen LogP contribution >= 0.6 is 0 Å². The Bertz CT molecular complexity index is 1080. The van der Waals surface area contributed by atoms with Crippen LogP contribution in [0.3, 0.4) is 0 Å². The van der Waals surface area contributed by atoms with Gasteiger partial charge in [-0.1, -0.05) is 5.16 Å². The summed E-state index contributed by atoms with van der Waals surface area (Å²) in [6.07, 6.45) is -3.48. The Balaban J connectivity index is 1.53. The number of halogens is 3. The number of imidazole rings is 1. The molecule has 0 bridgehead atoms. The SMILES string of the molecule is Cc1nonc1C(=O)NCc1cn2ncc(CNC(=O)CO[C@@H](C)C(F)(F)F)cc2n1. The van der Waals surface area contributed by atoms with Gasteiger partial charge in [-0.05, 0) is 30.6 Å². The Morgan fingerprint density at radius 1 is 1.26 bits per heavy atom. The van der Waals surface area contributed by atoms with Gasteiger partial charge in [0, 0.05) is 6.54 Å². The molecule has 0 saturated carbocycles. The van der Waals surface area contributed by atoms with Gasteiger partial charge in [-0.3, -0.25) is 9.59 Å². The van der Waals surface area contributed by atoms with E-state index < -0.39 is 30.7 Å². The molecule has 11 nitrogen and oxygen atoms in total. The zero-order valence-corrected chi connectivity index (χ0v) is 16.4. The molecule has 2 N–H and O–H groups in total. The quantitative estimate of drug-likeness (QED) is 0.527. The van der Waals surface area contributed by atoms with E-state index in [1.165, 1.54) is 10.7 Å². The maximum Gasteiger partial charge on any atom is 0.414 e. The van der Waals surface area contributed by atoms with Gasteiger partial charge in [-0.25, -0.2) is 14.1 Å². The van der Waals surface area contributed by atoms with Crippen LogP contribution in [0.15, 0.2) is 23.1 Å². The lowest BCUT2D eigenvalue weighted by atomic mass is 10.3. The van der Waals surface area contributed by atoms with Gasteiger partial charge in [0.25, 0.3) is 5.91 Å². The summed E-state index contributed by atoms with van der Waals surface area (Å²) in [4.78, 5) is 28.0. The normalized spacial score (nSPS) is 12.7. The molecule has 0 spiro atoms. The van der Waals surface area contributed by atoms with Crippen molar-refractivity contribution in [3.8, 4) is 0 Å². The standard InChI is InChI=1S/C17H18F3N7O4/c1-9-15(26-31-25-9)16(29)22-6-12-7-27-13(24-12)3-11(5-23-27)4-21-14(28)8-30-10(2)17(18,19)20/h3,5,7,10H,4,6,8H2,1-2H3,(H,21,28)(H,22,29)/t10-/m0/s1. The van der Waals surface area contributed by atoms with Crippen molar-refractivity contribution >= 4 is 17.5 Å². The number of fused-ring (bicyclic) bond motifs is 1. The van der Waals surface area contributed by atoms with Gasteiger partial charge in [0.1, 0.15) is 12.3 Å². The van der Waals surface area contributed by atoms with Crippen LogP contribution in [0.5, 0.6) is 0 Å². The number of rotatable bonds is 8. The topological polar surface area (TPSA) is 137 Å². The molecule has 3 aromatic rings. The molecule has 14 heteroatoms. The van der Waals surface area contributed by atoms with Crippen molar-refractivity contribution in [2.45, 2.75) is 39.2 Å². The Morgan fingerprint density at radius 3 is 2.71 bits per heavy atom. The van der Waals surface area contributed by atoms with Crippen LogP contribution < -0.4 is 10.6 Å². The molecule has 3 rings (SSSR count). The molecule has 166 valence electrons. The Labute approximate surface area is 172 Å². The Hall–Kier alpha value is -3.55. The summed E-state index contributed by atoms with van der Waals surface area (Å²) in [5.74, 6) is -1.16. The second kappa shape index (κ2) is 9.07. The first-order chi connectivity index (χ1) is 14.6. The van der Waals surface area contributed by atoms with Gasteiger partial charge in [0.05, 0.1) is 24.6 Å². The molecule has 1 atom stereocenters. The van der Waals surface area contributed by atoms with E-state index in [-0.39, 0.29) is 18.8 Å². The van der Waals surface area contributed by atoms with Crippen LogP contribution in [-0.4, -0.2) is 55.6 Å². The number of amides is 2. The lowest BCUT2D eigenvalue weighted by Crippen LogP contribution is -2.34. The molecule has 0 aliphatic heterocycles. The van der Waals surface area contributed by atoms with Gasteiger partial charge >= 0.3 is 6.18 Å². The minimum atomic E-state index is -4.53. The number of ether oxygens (including phenoxy) is 1. The minimum Gasteiger partial charge on any atom is -0.359 e. The summed E-state index contributed by atoms with van der Waals surface area (Å²) in [5, 5.41) is 16.3. The number of aryl methyl sites for hydroxylation is 1. The lowest BCUT2D eigenvalue weighted by molar-refractivity contribution is -0.213. The van der Waals surface area contributed by atoms with E-state index in [2.05, 4.69) is 40.4 Å². The maximum atomic E-state index is 12.4. The highest BCUT2D eigenvalue weighted by molar-refractivity contribution is 5.92. The summed E-state index contributed by atoms with van der Waals surface area (Å²) in [6.45, 7) is 1.83. The Kier molecular flexibility index (Phi) is 6.48. The molecular weight excluding hydrogens is 423 g/mol. The molecule has 0 aromatic carbocycles. The molecule has 0 aliphatic carbocycles. The van der Waals surface area contributed by atoms with Crippen LogP contribution in [0.1, 0.15) is 34.4 Å². The number of carbonyl (C=O) groups excluding carboxylic acids is 2. The summed E-state index contributed by atoms with van der Waals surface area (Å²) in [6, 6.07) is 1.64. The van der Waals surface area contributed by atoms with Gasteiger partial charge in [0.15, 0.2) is 17.4 Å². The molecule has 3 aromatic heterocycles. The number of nitrogens with zero attached hydrogens (tertiary/aromatic N) is 5. The van der Waals surface area contributed by atoms with Crippen LogP contribution in [0.2, 0.25) is 0 Å². The predicted molar refractivity (Wildman–Crippen MR) is 96.5 cm³/mol. The summed E-state index contributed by atoms with van der Waals surface area (Å²) >= 11 is 0. The number of alkyl halides is 3. The molecule has 0 aliphatic rings. The van der Waals surface area contributed by atoms with E-state index in [0.29, 0.717) is 22.6 Å². The average molecular weight is 441 g/mol. The van der Waals surface area contributed by atoms with E-state index in [1.54, 1.807) is 19.2 Å². The third kappa shape index (κ3) is 5.75. The zero-order chi connectivity index (χ0) is 22.6. The van der Waals surface area contributed by atoms with Crippen molar-refractivity contribution in [3.63, 3.8) is 0 Å². The number of hydrogen-bond donors (Lipinski definition) is 2. The molecule has 0 radical (unpaired) electrons. The predicted octanol–water partition coefficient (Wildman–Crippen LogP) is 0.934. The average Bonchev–Trinajstić information content (AvgIpc) is 3.33. The highest BCUT2D eigenvalue weighted by atomic mass is 19.4. The van der Waals surface area contributed by atoms with E-state index in [9.17, 15) is 22.8 Å². The third-order valence-electron chi connectivity index (χ3n) is 4.14. The van der Waals surface area contributed by atoms with E-state index in [4.69, 9.17) is 0 Å². The fourth-order valence-electron chi connectivity index (χ4n) is 2.39. The maximum absolute atomic E-state index is 12.4. The molecule has 0 fully saturated rings. The van der Waals surface area contributed by atoms with Crippen molar-refractivity contribution < 1.29 is 32.1 Å². The Morgan fingerprint density at radius 2 is 2.03 bits per heavy atom. The first-order valence-electron chi connectivity index (χ1n) is 8.99. The van der Waals surface area contributed by atoms with Crippen LogP contribution in [0.25, 0.3) is 5.65 Å². The monoisotopic (exact) mass is 441 g/mol. The number of aromatic nitrogens is 5. The summed E-state index contributed by atoms with van der Waals surface area (Å²) in [5.41, 5.74) is 1.99. The number of hydrogen-bond acceptors (Lipinski definition) is 8. The van der Waals surface area contributed by atoms with Gasteiger partial charge in [-0.2, -0.15) is 18.3 Å². The molecule has 0 unspecified atom stereocenters. The largest absolute Gasteiger partial charge is 0.414 e. The van der Waals surface area contributed by atoms with Gasteiger partial charge in [0.2, 0.25) is 5.91 Å². The molecule has 0 saturated heterocycles. The fourth-order valence-corrected chi connectivity index (χ4v) is 2.39. The zero-order valence-electron chi connectivity index (χ0n) is 16.4. The highest BCUT2D eigenvalue weighted by Crippen LogP contribution is 2.22. The third-order valence-corrected chi connectivity index (χ3v) is 4.14. The molecular formula is C17H18F3N7O4. The van der Waals surface area contributed by atoms with Gasteiger partial charge < -0.3 is 15.4 Å². The van der Waals surface area contributed by atoms with Crippen molar-refractivity contribution in [2.75, 3.05) is 6.61 Å². The molecule has 3 heterocycles. The van der Waals surface area contributed by atoms with Crippen molar-refractivity contribution in [2.24, 2.45) is 0 Å². The second-order valence-electron chi connectivity index (χ2n) is 6.55. The summed E-state index contributed by atoms with van der Waals surface area (Å²) in [7, 11) is 0. The molecule has 2 amide bonds. The van der Waals surface area contributed by atoms with E-state index in [0.717, 1.165) is 6.92 Å². The fraction of sp³-hybridized carbons (Fsp3) is 0.412. The highest BCUT2D eigenvalue weighted by Gasteiger charge is 2.37. The summed E-state index contributed by atoms with van der Waals surface area (Å²) < 4.78 is 47.6. The second-order valence-corrected chi connectivity index (χ2v) is 6.55. The number of nitrogens with one attached hydrogen (secondary N) is 2. The first kappa shape index (κ1) is 22.1.